The van der Waals surface area contributed by atoms with E-state index in [-0.39, 0.29) is 0 Å². The molecule has 0 aliphatic rings. The molecule has 9 heteroatoms. The van der Waals surface area contributed by atoms with Crippen molar-refractivity contribution in [2.45, 2.75) is 9.50 Å². The Bertz CT molecular complexity index is 450. The summed E-state index contributed by atoms with van der Waals surface area (Å²) in [6, 6.07) is 0. The van der Waals surface area contributed by atoms with Crippen molar-refractivity contribution < 1.29 is 0 Å². The van der Waals surface area contributed by atoms with Gasteiger partial charge in [0.05, 0.1) is 5.08 Å². The molecule has 0 radical (unpaired) electrons. The molecule has 0 saturated carbocycles. The number of hydrogen-bond acceptors (Lipinski definition) is 9. The highest BCUT2D eigenvalue weighted by molar-refractivity contribution is 8.41. The molecule has 96 valence electrons. The van der Waals surface area contributed by atoms with Gasteiger partial charge in [-0.2, -0.15) is 14.6 Å². The smallest absolute Gasteiger partial charge is 0.203 e. The third-order valence-electron chi connectivity index (χ3n) is 1.40. The first kappa shape index (κ1) is 15.9. The number of nitriles is 1. The van der Waals surface area contributed by atoms with Crippen molar-refractivity contribution in [3.8, 4) is 6.19 Å². The van der Waals surface area contributed by atoms with E-state index in [2.05, 4.69) is 20.9 Å². The highest BCUT2D eigenvalue weighted by Crippen LogP contribution is 2.29. The molecule has 1 aromatic heterocycles. The molecule has 0 N–H and O–H groups in total. The first-order chi connectivity index (χ1) is 8.80. The molecule has 0 unspecified atom stereocenters. The Morgan fingerprint density at radius 1 is 1.61 bits per heavy atom. The molecule has 0 fully saturated rings. The summed E-state index contributed by atoms with van der Waals surface area (Å²) in [5.41, 5.74) is 0. The SMILES string of the molecule is C=CCSc1nsc(SCSC(=NC#N)SC)n1. The molecule has 1 aromatic rings. The Hall–Kier alpha value is -0.140. The number of rotatable bonds is 6. The number of nitrogens with zero attached hydrogens (tertiary/aromatic N) is 4. The van der Waals surface area contributed by atoms with Crippen LogP contribution in [0.1, 0.15) is 0 Å². The van der Waals surface area contributed by atoms with Crippen LogP contribution in [0.25, 0.3) is 0 Å². The summed E-state index contributed by atoms with van der Waals surface area (Å²) in [5, 5.41) is 10.0. The molecular weight excluding hydrogens is 324 g/mol. The summed E-state index contributed by atoms with van der Waals surface area (Å²) in [7, 11) is 0. The first-order valence-electron chi connectivity index (χ1n) is 4.64. The summed E-state index contributed by atoms with van der Waals surface area (Å²) < 4.78 is 5.95. The Labute approximate surface area is 127 Å². The standard InChI is InChI=1S/C9H10N4S5/c1-3-4-15-7-12-9(18-13-7)17-6-16-8(14-2)11-5-10/h3H,1,4,6H2,2H3. The van der Waals surface area contributed by atoms with E-state index in [1.165, 1.54) is 35.1 Å². The first-order valence-corrected chi connectivity index (χ1v) is 9.59. The summed E-state index contributed by atoms with van der Waals surface area (Å²) in [6.07, 6.45) is 5.53. The molecule has 0 amide bonds. The van der Waals surface area contributed by atoms with Crippen LogP contribution in [0.5, 0.6) is 0 Å². The molecular formula is C9H10N4S5. The van der Waals surface area contributed by atoms with Gasteiger partial charge >= 0.3 is 0 Å². The van der Waals surface area contributed by atoms with E-state index >= 15 is 0 Å². The monoisotopic (exact) mass is 334 g/mol. The van der Waals surface area contributed by atoms with Gasteiger partial charge in [0.1, 0.15) is 4.38 Å². The lowest BCUT2D eigenvalue weighted by atomic mass is 10.8. The lowest BCUT2D eigenvalue weighted by molar-refractivity contribution is 1.02. The Balaban J connectivity index is 2.35. The minimum Gasteiger partial charge on any atom is -0.203 e. The quantitative estimate of drug-likeness (QED) is 0.196. The van der Waals surface area contributed by atoms with Gasteiger partial charge in [-0.05, 0) is 17.8 Å². The average molecular weight is 335 g/mol. The lowest BCUT2D eigenvalue weighted by Gasteiger charge is -1.97. The Morgan fingerprint density at radius 2 is 2.44 bits per heavy atom. The van der Waals surface area contributed by atoms with E-state index in [1.807, 2.05) is 12.3 Å². The summed E-state index contributed by atoms with van der Waals surface area (Å²) in [6.45, 7) is 3.66. The van der Waals surface area contributed by atoms with Gasteiger partial charge in [-0.25, -0.2) is 4.98 Å². The Kier molecular flexibility index (Phi) is 8.62. The molecule has 0 aliphatic heterocycles. The van der Waals surface area contributed by atoms with Crippen LogP contribution in [0.4, 0.5) is 0 Å². The van der Waals surface area contributed by atoms with Gasteiger partial charge < -0.3 is 0 Å². The fourth-order valence-electron chi connectivity index (χ4n) is 0.756. The molecule has 0 aliphatic carbocycles. The zero-order valence-electron chi connectivity index (χ0n) is 9.53. The topological polar surface area (TPSA) is 61.9 Å². The van der Waals surface area contributed by atoms with E-state index in [1.54, 1.807) is 29.7 Å². The van der Waals surface area contributed by atoms with Gasteiger partial charge in [-0.15, -0.1) is 18.3 Å². The highest BCUT2D eigenvalue weighted by Gasteiger charge is 2.06. The molecule has 0 atom stereocenters. The van der Waals surface area contributed by atoms with E-state index in [9.17, 15) is 0 Å². The molecule has 1 rings (SSSR count). The predicted octanol–water partition coefficient (Wildman–Crippen LogP) is 3.80. The van der Waals surface area contributed by atoms with Crippen LogP contribution < -0.4 is 0 Å². The molecule has 0 aromatic carbocycles. The summed E-state index contributed by atoms with van der Waals surface area (Å²) >= 11 is 7.59. The molecule has 0 spiro atoms. The van der Waals surface area contributed by atoms with Crippen molar-refractivity contribution in [3.05, 3.63) is 12.7 Å². The van der Waals surface area contributed by atoms with Crippen molar-refractivity contribution in [1.82, 2.24) is 9.36 Å². The fourth-order valence-corrected chi connectivity index (χ4v) is 5.03. The maximum absolute atomic E-state index is 8.47. The number of aliphatic imine (C=N–C) groups is 1. The lowest BCUT2D eigenvalue weighted by Crippen LogP contribution is -1.84. The van der Waals surface area contributed by atoms with Gasteiger partial charge in [-0.1, -0.05) is 41.4 Å². The van der Waals surface area contributed by atoms with Crippen molar-refractivity contribution in [3.63, 3.8) is 0 Å². The van der Waals surface area contributed by atoms with Crippen molar-refractivity contribution in [2.24, 2.45) is 4.99 Å². The molecule has 0 saturated heterocycles. The summed E-state index contributed by atoms with van der Waals surface area (Å²) in [4.78, 5) is 8.08. The van der Waals surface area contributed by atoms with Crippen LogP contribution in [0, 0.1) is 11.5 Å². The second-order valence-corrected chi connectivity index (χ2v) is 7.88. The van der Waals surface area contributed by atoms with Crippen molar-refractivity contribution in [1.29, 1.82) is 5.26 Å². The van der Waals surface area contributed by atoms with Gasteiger partial charge in [0.25, 0.3) is 0 Å². The van der Waals surface area contributed by atoms with Gasteiger partial charge in [0.2, 0.25) is 11.3 Å². The van der Waals surface area contributed by atoms with Gasteiger partial charge in [0, 0.05) is 5.75 Å². The number of hydrogen-bond donors (Lipinski definition) is 0. The summed E-state index contributed by atoms with van der Waals surface area (Å²) in [5.74, 6) is 0.820. The van der Waals surface area contributed by atoms with Crippen LogP contribution >= 0.6 is 58.6 Å². The van der Waals surface area contributed by atoms with Crippen LogP contribution in [0.15, 0.2) is 27.1 Å². The highest BCUT2D eigenvalue weighted by atomic mass is 32.2. The minimum absolute atomic E-state index is 0.774. The third kappa shape index (κ3) is 6.15. The largest absolute Gasteiger partial charge is 0.207 e. The average Bonchev–Trinajstić information content (AvgIpc) is 2.83. The van der Waals surface area contributed by atoms with E-state index < -0.39 is 0 Å². The zero-order valence-corrected chi connectivity index (χ0v) is 13.6. The molecule has 1 heterocycles. The molecule has 0 bridgehead atoms. The normalized spacial score (nSPS) is 11.2. The van der Waals surface area contributed by atoms with E-state index in [0.717, 1.165) is 24.7 Å². The van der Waals surface area contributed by atoms with E-state index in [0.29, 0.717) is 0 Å². The van der Waals surface area contributed by atoms with Crippen molar-refractivity contribution in [2.75, 3.05) is 17.1 Å². The van der Waals surface area contributed by atoms with Crippen molar-refractivity contribution >= 4 is 63.0 Å². The van der Waals surface area contributed by atoms with E-state index in [4.69, 9.17) is 5.26 Å². The third-order valence-corrected chi connectivity index (χ3v) is 6.36. The number of thioether (sulfide) groups is 4. The maximum Gasteiger partial charge on any atom is 0.207 e. The maximum atomic E-state index is 8.47. The van der Waals surface area contributed by atoms with Crippen LogP contribution in [0.3, 0.4) is 0 Å². The number of aromatic nitrogens is 2. The minimum atomic E-state index is 0.774. The second kappa shape index (κ2) is 9.75. The van der Waals surface area contributed by atoms with Crippen LogP contribution in [-0.2, 0) is 0 Å². The molecule has 18 heavy (non-hydrogen) atoms. The van der Waals surface area contributed by atoms with Gasteiger partial charge in [0.15, 0.2) is 4.34 Å². The predicted molar refractivity (Wildman–Crippen MR) is 85.7 cm³/mol. The Morgan fingerprint density at radius 3 is 3.11 bits per heavy atom. The van der Waals surface area contributed by atoms with Crippen LogP contribution in [0.2, 0.25) is 0 Å². The van der Waals surface area contributed by atoms with Gasteiger partial charge in [-0.3, -0.25) is 0 Å². The van der Waals surface area contributed by atoms with Crippen LogP contribution in [-0.4, -0.2) is 30.8 Å². The zero-order chi connectivity index (χ0) is 13.2. The molecule has 4 nitrogen and oxygen atoms in total. The fraction of sp³-hybridized carbons (Fsp3) is 0.333. The second-order valence-electron chi connectivity index (χ2n) is 2.53.